The van der Waals surface area contributed by atoms with Crippen LogP contribution in [0.3, 0.4) is 0 Å². The third kappa shape index (κ3) is 2.79. The molecule has 0 aliphatic rings. The molecule has 0 aromatic carbocycles. The van der Waals surface area contributed by atoms with Crippen LogP contribution >= 0.6 is 0 Å². The molecule has 0 atom stereocenters. The van der Waals surface area contributed by atoms with Gasteiger partial charge in [0.15, 0.2) is 5.69 Å². The van der Waals surface area contributed by atoms with Gasteiger partial charge >= 0.3 is 12.8 Å². The summed E-state index contributed by atoms with van der Waals surface area (Å²) in [5, 5.41) is 0. The maximum Gasteiger partial charge on any atom is 0.433 e. The summed E-state index contributed by atoms with van der Waals surface area (Å²) < 4.78 is 62.6. The summed E-state index contributed by atoms with van der Waals surface area (Å²) in [5.74, 6) is -0.873. The lowest BCUT2D eigenvalue weighted by Gasteiger charge is -2.06. The molecule has 1 aromatic rings. The van der Waals surface area contributed by atoms with E-state index in [9.17, 15) is 22.0 Å². The van der Waals surface area contributed by atoms with Crippen molar-refractivity contribution in [3.8, 4) is 5.88 Å². The standard InChI is InChI=1S/C6H2F5N2O/c7-5(8)14-4-1-3(6(9,10)11)12-2-13-4/h1,5H. The van der Waals surface area contributed by atoms with E-state index in [1.165, 1.54) is 0 Å². The second-order valence-corrected chi connectivity index (χ2v) is 2.07. The molecule has 77 valence electrons. The van der Waals surface area contributed by atoms with Gasteiger partial charge in [0.1, 0.15) is 0 Å². The van der Waals surface area contributed by atoms with Crippen LogP contribution in [-0.4, -0.2) is 16.6 Å². The summed E-state index contributed by atoms with van der Waals surface area (Å²) in [4.78, 5) is 5.69. The zero-order valence-electron chi connectivity index (χ0n) is 6.35. The van der Waals surface area contributed by atoms with E-state index in [1.54, 1.807) is 6.33 Å². The van der Waals surface area contributed by atoms with Crippen LogP contribution in [0.1, 0.15) is 5.69 Å². The minimum absolute atomic E-state index is 0.267. The van der Waals surface area contributed by atoms with Crippen molar-refractivity contribution in [2.75, 3.05) is 0 Å². The first kappa shape index (κ1) is 10.6. The summed E-state index contributed by atoms with van der Waals surface area (Å²) in [6.45, 7) is -3.24. The Kier molecular flexibility index (Phi) is 2.82. The van der Waals surface area contributed by atoms with Crippen LogP contribution in [0.5, 0.6) is 5.88 Å². The number of halogens is 5. The Balaban J connectivity index is 2.90. The van der Waals surface area contributed by atoms with Gasteiger partial charge in [-0.2, -0.15) is 26.9 Å². The molecule has 0 aliphatic heterocycles. The van der Waals surface area contributed by atoms with Gasteiger partial charge < -0.3 is 4.74 Å². The average Bonchev–Trinajstić information content (AvgIpc) is 2.01. The summed E-state index contributed by atoms with van der Waals surface area (Å²) in [6, 6.07) is 0.267. The van der Waals surface area contributed by atoms with Crippen molar-refractivity contribution in [1.82, 2.24) is 9.97 Å². The van der Waals surface area contributed by atoms with Gasteiger partial charge in [0, 0.05) is 6.07 Å². The van der Waals surface area contributed by atoms with E-state index in [2.05, 4.69) is 14.7 Å². The Morgan fingerprint density at radius 1 is 1.29 bits per heavy atom. The Labute approximate surface area is 74.5 Å². The minimum Gasteiger partial charge on any atom is -0.417 e. The van der Waals surface area contributed by atoms with E-state index in [-0.39, 0.29) is 6.07 Å². The number of ether oxygens (including phenoxy) is 1. The number of aromatic nitrogens is 2. The summed E-state index contributed by atoms with van der Waals surface area (Å²) in [7, 11) is 0. The lowest BCUT2D eigenvalue weighted by molar-refractivity contribution is -0.141. The largest absolute Gasteiger partial charge is 0.433 e. The molecule has 0 spiro atoms. The molecule has 0 unspecified atom stereocenters. The van der Waals surface area contributed by atoms with Crippen LogP contribution in [0.2, 0.25) is 0 Å². The highest BCUT2D eigenvalue weighted by Crippen LogP contribution is 2.28. The van der Waals surface area contributed by atoms with Gasteiger partial charge in [0.05, 0.1) is 0 Å². The molecule has 0 N–H and O–H groups in total. The van der Waals surface area contributed by atoms with E-state index >= 15 is 0 Å². The summed E-state index contributed by atoms with van der Waals surface area (Å²) in [5.41, 5.74) is -1.39. The normalized spacial score (nSPS) is 11.9. The highest BCUT2D eigenvalue weighted by atomic mass is 19.4. The molecule has 3 nitrogen and oxygen atoms in total. The Bertz CT molecular complexity index is 313. The number of hydrogen-bond donors (Lipinski definition) is 0. The first-order valence-electron chi connectivity index (χ1n) is 3.16. The molecule has 0 saturated heterocycles. The fourth-order valence-corrected chi connectivity index (χ4v) is 0.607. The number of nitrogens with zero attached hydrogens (tertiary/aromatic N) is 2. The highest BCUT2D eigenvalue weighted by molar-refractivity contribution is 5.15. The van der Waals surface area contributed by atoms with Crippen LogP contribution in [0, 0.1) is 6.33 Å². The maximum absolute atomic E-state index is 12.0. The van der Waals surface area contributed by atoms with Gasteiger partial charge in [-0.15, -0.1) is 0 Å². The molecule has 14 heavy (non-hydrogen) atoms. The third-order valence-corrected chi connectivity index (χ3v) is 1.09. The van der Waals surface area contributed by atoms with E-state index in [0.29, 0.717) is 0 Å². The van der Waals surface area contributed by atoms with Crippen molar-refractivity contribution in [2.24, 2.45) is 0 Å². The van der Waals surface area contributed by atoms with Gasteiger partial charge in [-0.3, -0.25) is 0 Å². The summed E-state index contributed by atoms with van der Waals surface area (Å²) in [6.07, 6.45) is -3.17. The number of alkyl halides is 5. The fraction of sp³-hybridized carbons (Fsp3) is 0.333. The lowest BCUT2D eigenvalue weighted by atomic mass is 10.4. The Hall–Kier alpha value is -1.47. The molecule has 0 aliphatic carbocycles. The van der Waals surface area contributed by atoms with Crippen molar-refractivity contribution in [3.63, 3.8) is 0 Å². The Morgan fingerprint density at radius 2 is 1.93 bits per heavy atom. The topological polar surface area (TPSA) is 35.0 Å². The van der Waals surface area contributed by atoms with Gasteiger partial charge in [-0.25, -0.2) is 4.98 Å². The highest BCUT2D eigenvalue weighted by Gasteiger charge is 2.33. The Morgan fingerprint density at radius 3 is 2.43 bits per heavy atom. The van der Waals surface area contributed by atoms with Crippen molar-refractivity contribution < 1.29 is 26.7 Å². The molecule has 1 aromatic heterocycles. The molecule has 1 heterocycles. The van der Waals surface area contributed by atoms with Gasteiger partial charge in [-0.1, -0.05) is 0 Å². The van der Waals surface area contributed by atoms with Crippen molar-refractivity contribution >= 4 is 0 Å². The van der Waals surface area contributed by atoms with Crippen molar-refractivity contribution in [1.29, 1.82) is 0 Å². The molecule has 1 radical (unpaired) electrons. The molecule has 8 heteroatoms. The molecule has 0 fully saturated rings. The third-order valence-electron chi connectivity index (χ3n) is 1.09. The molecule has 0 saturated carbocycles. The second kappa shape index (κ2) is 3.72. The van der Waals surface area contributed by atoms with Gasteiger partial charge in [-0.05, 0) is 0 Å². The van der Waals surface area contributed by atoms with E-state index in [1.807, 2.05) is 0 Å². The van der Waals surface area contributed by atoms with E-state index in [4.69, 9.17) is 0 Å². The predicted octanol–water partition coefficient (Wildman–Crippen LogP) is 1.90. The molecular formula is C6H2F5N2O. The van der Waals surface area contributed by atoms with Crippen LogP contribution in [0.25, 0.3) is 0 Å². The monoisotopic (exact) mass is 213 g/mol. The maximum atomic E-state index is 12.0. The molecule has 0 amide bonds. The van der Waals surface area contributed by atoms with E-state index in [0.717, 1.165) is 0 Å². The zero-order chi connectivity index (χ0) is 10.8. The lowest BCUT2D eigenvalue weighted by Crippen LogP contribution is -2.10. The van der Waals surface area contributed by atoms with Gasteiger partial charge in [0.25, 0.3) is 0 Å². The minimum atomic E-state index is -4.74. The van der Waals surface area contributed by atoms with Gasteiger partial charge in [0.2, 0.25) is 12.2 Å². The molecule has 1 rings (SSSR count). The van der Waals surface area contributed by atoms with Crippen LogP contribution in [0.15, 0.2) is 6.07 Å². The second-order valence-electron chi connectivity index (χ2n) is 2.07. The number of rotatable bonds is 2. The first-order valence-corrected chi connectivity index (χ1v) is 3.16. The van der Waals surface area contributed by atoms with Crippen molar-refractivity contribution in [3.05, 3.63) is 18.1 Å². The fourth-order valence-electron chi connectivity index (χ4n) is 0.607. The number of hydrogen-bond acceptors (Lipinski definition) is 3. The first-order chi connectivity index (χ1) is 6.39. The average molecular weight is 213 g/mol. The van der Waals surface area contributed by atoms with Crippen LogP contribution < -0.4 is 4.74 Å². The predicted molar refractivity (Wildman–Crippen MR) is 32.5 cm³/mol. The smallest absolute Gasteiger partial charge is 0.417 e. The SMILES string of the molecule is FC(F)Oc1cc(C(F)(F)F)n[c]n1. The van der Waals surface area contributed by atoms with Crippen molar-refractivity contribution in [2.45, 2.75) is 12.8 Å². The van der Waals surface area contributed by atoms with Crippen LogP contribution in [-0.2, 0) is 6.18 Å². The molecule has 0 bridgehead atoms. The van der Waals surface area contributed by atoms with E-state index < -0.39 is 24.4 Å². The quantitative estimate of drug-likeness (QED) is 0.703. The molecular weight excluding hydrogens is 211 g/mol. The zero-order valence-corrected chi connectivity index (χ0v) is 6.35. The van der Waals surface area contributed by atoms with Crippen LogP contribution in [0.4, 0.5) is 22.0 Å². The summed E-state index contributed by atoms with van der Waals surface area (Å²) >= 11 is 0.